The van der Waals surface area contributed by atoms with Crippen LogP contribution in [0.5, 0.6) is 0 Å². The molecule has 0 fully saturated rings. The molecule has 0 saturated carbocycles. The molecule has 2 aromatic carbocycles. The van der Waals surface area contributed by atoms with E-state index in [0.29, 0.717) is 0 Å². The summed E-state index contributed by atoms with van der Waals surface area (Å²) in [5.74, 6) is 0. The number of thiazole rings is 1. The van der Waals surface area contributed by atoms with Crippen molar-refractivity contribution in [3.05, 3.63) is 47.5 Å². The van der Waals surface area contributed by atoms with Gasteiger partial charge in [0.05, 0.1) is 21.3 Å². The molecule has 0 unspecified atom stereocenters. The van der Waals surface area contributed by atoms with Gasteiger partial charge in [-0.25, -0.2) is 4.98 Å². The van der Waals surface area contributed by atoms with Gasteiger partial charge in [-0.3, -0.25) is 4.40 Å². The minimum atomic E-state index is 0.729. The smallest absolute Gasteiger partial charge is 0.195 e. The van der Waals surface area contributed by atoms with Gasteiger partial charge in [-0.15, -0.1) is 0 Å². The summed E-state index contributed by atoms with van der Waals surface area (Å²) < 4.78 is 3.44. The summed E-state index contributed by atoms with van der Waals surface area (Å²) in [5, 5.41) is 0.729. The van der Waals surface area contributed by atoms with E-state index in [1.165, 1.54) is 10.2 Å². The Hall–Kier alpha value is -1.58. The number of hydrogen-bond donors (Lipinski definition) is 0. The average molecular weight is 259 g/mol. The third-order valence-corrected chi connectivity index (χ3v) is 4.15. The molecule has 0 aliphatic rings. The van der Waals surface area contributed by atoms with Crippen LogP contribution in [0.3, 0.4) is 0 Å². The highest BCUT2D eigenvalue weighted by atomic mass is 35.5. The van der Waals surface area contributed by atoms with Crippen LogP contribution >= 0.6 is 22.9 Å². The van der Waals surface area contributed by atoms with E-state index in [9.17, 15) is 0 Å². The van der Waals surface area contributed by atoms with Gasteiger partial charge < -0.3 is 0 Å². The molecule has 0 aliphatic carbocycles. The lowest BCUT2D eigenvalue weighted by atomic mass is 10.3. The van der Waals surface area contributed by atoms with Crippen molar-refractivity contribution in [2.45, 2.75) is 0 Å². The van der Waals surface area contributed by atoms with E-state index < -0.39 is 0 Å². The van der Waals surface area contributed by atoms with Crippen LogP contribution in [0.4, 0.5) is 0 Å². The van der Waals surface area contributed by atoms with Gasteiger partial charge in [-0.1, -0.05) is 35.1 Å². The number of imidazole rings is 1. The lowest BCUT2D eigenvalue weighted by molar-refractivity contribution is 1.35. The zero-order valence-corrected chi connectivity index (χ0v) is 10.3. The van der Waals surface area contributed by atoms with Gasteiger partial charge in [0.2, 0.25) is 0 Å². The van der Waals surface area contributed by atoms with Crippen molar-refractivity contribution in [3.8, 4) is 0 Å². The fraction of sp³-hybridized carbons (Fsp3) is 0. The number of rotatable bonds is 0. The fourth-order valence-electron chi connectivity index (χ4n) is 2.16. The van der Waals surface area contributed by atoms with Crippen molar-refractivity contribution < 1.29 is 0 Å². The first-order valence-electron chi connectivity index (χ1n) is 5.28. The highest BCUT2D eigenvalue weighted by Crippen LogP contribution is 2.30. The first-order valence-corrected chi connectivity index (χ1v) is 6.48. The Balaban J connectivity index is 2.31. The second-order valence-corrected chi connectivity index (χ2v) is 5.38. The zero-order valence-electron chi connectivity index (χ0n) is 8.72. The molecule has 0 atom stereocenters. The number of para-hydroxylation sites is 1. The van der Waals surface area contributed by atoms with Crippen LogP contribution in [0, 0.1) is 0 Å². The minimum absolute atomic E-state index is 0.729. The van der Waals surface area contributed by atoms with Crippen molar-refractivity contribution in [3.63, 3.8) is 0 Å². The quantitative estimate of drug-likeness (QED) is 0.458. The molecule has 0 radical (unpaired) electrons. The SMILES string of the molecule is Clc1ccc2c(c1)nc1sc3ccccc3n12. The lowest BCUT2D eigenvalue weighted by Crippen LogP contribution is -1.79. The Morgan fingerprint density at radius 2 is 1.94 bits per heavy atom. The molecule has 2 aromatic heterocycles. The molecular weight excluding hydrogens is 252 g/mol. The summed E-state index contributed by atoms with van der Waals surface area (Å²) in [7, 11) is 0. The Labute approximate surface area is 106 Å². The van der Waals surface area contributed by atoms with E-state index in [-0.39, 0.29) is 0 Å². The number of nitrogens with zero attached hydrogens (tertiary/aromatic N) is 2. The van der Waals surface area contributed by atoms with Gasteiger partial charge in [0, 0.05) is 5.02 Å². The highest BCUT2D eigenvalue weighted by Gasteiger charge is 2.10. The van der Waals surface area contributed by atoms with E-state index in [2.05, 4.69) is 33.7 Å². The van der Waals surface area contributed by atoms with E-state index in [1.54, 1.807) is 11.3 Å². The Kier molecular flexibility index (Phi) is 1.79. The Bertz CT molecular complexity index is 860. The number of halogens is 1. The number of benzene rings is 2. The van der Waals surface area contributed by atoms with Crippen molar-refractivity contribution >= 4 is 49.1 Å². The molecule has 0 amide bonds. The molecular formula is C13H7ClN2S. The highest BCUT2D eigenvalue weighted by molar-refractivity contribution is 7.23. The maximum Gasteiger partial charge on any atom is 0.195 e. The van der Waals surface area contributed by atoms with E-state index >= 15 is 0 Å². The summed E-state index contributed by atoms with van der Waals surface area (Å²) in [6.07, 6.45) is 0. The molecule has 0 aliphatic heterocycles. The minimum Gasteiger partial charge on any atom is -0.283 e. The van der Waals surface area contributed by atoms with Gasteiger partial charge in [0.15, 0.2) is 4.96 Å². The van der Waals surface area contributed by atoms with Crippen LogP contribution in [-0.4, -0.2) is 9.38 Å². The van der Waals surface area contributed by atoms with Crippen molar-refractivity contribution in [2.24, 2.45) is 0 Å². The van der Waals surface area contributed by atoms with Crippen LogP contribution in [-0.2, 0) is 0 Å². The molecule has 4 rings (SSSR count). The molecule has 4 aromatic rings. The summed E-state index contributed by atoms with van der Waals surface area (Å²) in [6.45, 7) is 0. The van der Waals surface area contributed by atoms with Gasteiger partial charge in [0.25, 0.3) is 0 Å². The summed E-state index contributed by atoms with van der Waals surface area (Å²) >= 11 is 7.69. The lowest BCUT2D eigenvalue weighted by Gasteiger charge is -1.94. The fourth-order valence-corrected chi connectivity index (χ4v) is 3.36. The van der Waals surface area contributed by atoms with Gasteiger partial charge in [-0.05, 0) is 30.3 Å². The molecule has 2 nitrogen and oxygen atoms in total. The van der Waals surface area contributed by atoms with Crippen molar-refractivity contribution in [1.82, 2.24) is 9.38 Å². The van der Waals surface area contributed by atoms with Crippen LogP contribution in [0.15, 0.2) is 42.5 Å². The van der Waals surface area contributed by atoms with Gasteiger partial charge in [-0.2, -0.15) is 0 Å². The second-order valence-electron chi connectivity index (χ2n) is 3.93. The third kappa shape index (κ3) is 1.24. The summed E-state index contributed by atoms with van der Waals surface area (Å²) in [6, 6.07) is 14.2. The first-order chi connectivity index (χ1) is 8.33. The maximum absolute atomic E-state index is 5.99. The molecule has 0 bridgehead atoms. The molecule has 4 heteroatoms. The molecule has 17 heavy (non-hydrogen) atoms. The Morgan fingerprint density at radius 1 is 1.06 bits per heavy atom. The summed E-state index contributed by atoms with van der Waals surface area (Å²) in [4.78, 5) is 5.63. The monoisotopic (exact) mass is 258 g/mol. The second kappa shape index (κ2) is 3.22. The normalized spacial score (nSPS) is 11.8. The van der Waals surface area contributed by atoms with Crippen LogP contribution in [0.2, 0.25) is 5.02 Å². The molecule has 0 saturated heterocycles. The van der Waals surface area contributed by atoms with Crippen molar-refractivity contribution in [2.75, 3.05) is 0 Å². The van der Waals surface area contributed by atoms with E-state index in [1.807, 2.05) is 18.2 Å². The predicted octanol–water partition coefficient (Wildman–Crippen LogP) is 4.36. The van der Waals surface area contributed by atoms with Crippen LogP contribution < -0.4 is 0 Å². The van der Waals surface area contributed by atoms with Gasteiger partial charge in [0.1, 0.15) is 0 Å². The molecule has 0 N–H and O–H groups in total. The van der Waals surface area contributed by atoms with Gasteiger partial charge >= 0.3 is 0 Å². The topological polar surface area (TPSA) is 17.3 Å². The zero-order chi connectivity index (χ0) is 11.4. The number of fused-ring (bicyclic) bond motifs is 5. The first kappa shape index (κ1) is 9.45. The number of aromatic nitrogens is 2. The molecule has 2 heterocycles. The number of hydrogen-bond acceptors (Lipinski definition) is 2. The van der Waals surface area contributed by atoms with E-state index in [4.69, 9.17) is 11.6 Å². The molecule has 82 valence electrons. The Morgan fingerprint density at radius 3 is 2.88 bits per heavy atom. The average Bonchev–Trinajstić information content (AvgIpc) is 2.83. The third-order valence-electron chi connectivity index (χ3n) is 2.89. The standard InChI is InChI=1S/C13H7ClN2S/c14-8-5-6-10-9(7-8)15-13-16(10)11-3-1-2-4-12(11)17-13/h1-7H. The molecule has 0 spiro atoms. The van der Waals surface area contributed by atoms with Crippen LogP contribution in [0.25, 0.3) is 26.2 Å². The largest absolute Gasteiger partial charge is 0.283 e. The predicted molar refractivity (Wildman–Crippen MR) is 73.1 cm³/mol. The van der Waals surface area contributed by atoms with Crippen LogP contribution in [0.1, 0.15) is 0 Å². The maximum atomic E-state index is 5.99. The van der Waals surface area contributed by atoms with E-state index in [0.717, 1.165) is 21.0 Å². The summed E-state index contributed by atoms with van der Waals surface area (Å²) in [5.41, 5.74) is 3.27. The van der Waals surface area contributed by atoms with Crippen molar-refractivity contribution in [1.29, 1.82) is 0 Å².